The van der Waals surface area contributed by atoms with Crippen LogP contribution in [0, 0.1) is 24.2 Å². The van der Waals surface area contributed by atoms with Crippen LogP contribution >= 0.6 is 0 Å². The fourth-order valence-corrected chi connectivity index (χ4v) is 3.05. The maximum atomic E-state index is 12.7. The van der Waals surface area contributed by atoms with E-state index < -0.39 is 21.9 Å². The molecule has 0 aromatic carbocycles. The summed E-state index contributed by atoms with van der Waals surface area (Å²) in [6, 6.07) is 3.62. The topological polar surface area (TPSA) is 91.1 Å². The fraction of sp³-hybridized carbons (Fsp3) is 0.417. The van der Waals surface area contributed by atoms with Crippen molar-refractivity contribution in [2.45, 2.75) is 13.3 Å². The van der Waals surface area contributed by atoms with Gasteiger partial charge in [-0.3, -0.25) is 9.69 Å². The van der Waals surface area contributed by atoms with Gasteiger partial charge in [0.1, 0.15) is 6.07 Å². The van der Waals surface area contributed by atoms with E-state index in [1.807, 2.05) is 6.07 Å². The normalized spacial score (nSPS) is 19.1. The number of nitrogens with zero attached hydrogens (tertiary/aromatic N) is 3. The van der Waals surface area contributed by atoms with Crippen LogP contribution in [0.4, 0.5) is 9.70 Å². The van der Waals surface area contributed by atoms with Crippen LogP contribution < -0.4 is 4.90 Å². The molecule has 0 saturated carbocycles. The zero-order valence-electron chi connectivity index (χ0n) is 10.7. The van der Waals surface area contributed by atoms with Crippen molar-refractivity contribution in [3.63, 3.8) is 0 Å². The van der Waals surface area contributed by atoms with Crippen LogP contribution in [0.2, 0.25) is 0 Å². The first kappa shape index (κ1) is 14.4. The molecular formula is C12H12FN3O3S. The van der Waals surface area contributed by atoms with Crippen molar-refractivity contribution in [2.24, 2.45) is 5.92 Å². The Balaban J connectivity index is 2.30. The van der Waals surface area contributed by atoms with Gasteiger partial charge in [0, 0.05) is 25.1 Å². The lowest BCUT2D eigenvalue weighted by molar-refractivity contribution is -0.117. The quantitative estimate of drug-likeness (QED) is 0.773. The Morgan fingerprint density at radius 3 is 2.90 bits per heavy atom. The Kier molecular flexibility index (Phi) is 3.72. The Morgan fingerprint density at radius 1 is 1.60 bits per heavy atom. The molecule has 2 rings (SSSR count). The summed E-state index contributed by atoms with van der Waals surface area (Å²) in [5.41, 5.74) is 0.941. The number of hydrogen-bond acceptors (Lipinski definition) is 5. The molecule has 1 fully saturated rings. The monoisotopic (exact) mass is 297 g/mol. The lowest BCUT2D eigenvalue weighted by Gasteiger charge is -2.17. The molecule has 0 radical (unpaired) electrons. The molecule has 2 heterocycles. The second-order valence-electron chi connectivity index (χ2n) is 4.72. The van der Waals surface area contributed by atoms with Crippen molar-refractivity contribution in [1.29, 1.82) is 5.26 Å². The van der Waals surface area contributed by atoms with Crippen LogP contribution in [0.3, 0.4) is 0 Å². The maximum Gasteiger partial charge on any atom is 0.302 e. The second kappa shape index (κ2) is 5.17. The molecule has 0 N–H and O–H groups in total. The lowest BCUT2D eigenvalue weighted by atomic mass is 10.1. The predicted molar refractivity (Wildman–Crippen MR) is 69.0 cm³/mol. The van der Waals surface area contributed by atoms with Crippen molar-refractivity contribution in [2.75, 3.05) is 17.2 Å². The van der Waals surface area contributed by atoms with Crippen LogP contribution in [0.25, 0.3) is 0 Å². The van der Waals surface area contributed by atoms with Gasteiger partial charge in [-0.25, -0.2) is 4.98 Å². The van der Waals surface area contributed by atoms with Crippen molar-refractivity contribution in [3.05, 3.63) is 23.4 Å². The Morgan fingerprint density at radius 2 is 2.30 bits per heavy atom. The standard InChI is InChI=1S/C12H12FN3O3S/c1-8-2-3-15-12(10(8)5-14)16-6-9(4-11(16)17)7-20(13,18)19/h2-3,9H,4,6-7H2,1H3. The van der Waals surface area contributed by atoms with Gasteiger partial charge in [0.2, 0.25) is 5.91 Å². The van der Waals surface area contributed by atoms with E-state index >= 15 is 0 Å². The summed E-state index contributed by atoms with van der Waals surface area (Å²) < 4.78 is 34.0. The minimum atomic E-state index is -4.62. The minimum absolute atomic E-state index is 0.0487. The van der Waals surface area contributed by atoms with Gasteiger partial charge in [-0.2, -0.15) is 13.7 Å². The van der Waals surface area contributed by atoms with E-state index in [0.717, 1.165) is 0 Å². The molecule has 20 heavy (non-hydrogen) atoms. The second-order valence-corrected chi connectivity index (χ2v) is 6.13. The molecule has 1 aliphatic rings. The van der Waals surface area contributed by atoms with E-state index in [1.165, 1.54) is 11.1 Å². The Labute approximate surface area is 116 Å². The molecule has 1 amide bonds. The van der Waals surface area contributed by atoms with Gasteiger partial charge in [-0.15, -0.1) is 3.89 Å². The molecule has 1 saturated heterocycles. The summed E-state index contributed by atoms with van der Waals surface area (Å²) >= 11 is 0. The molecule has 1 atom stereocenters. The smallest absolute Gasteiger partial charge is 0.295 e. The van der Waals surface area contributed by atoms with Crippen molar-refractivity contribution in [3.8, 4) is 6.07 Å². The number of aryl methyl sites for hydroxylation is 1. The molecule has 106 valence electrons. The van der Waals surface area contributed by atoms with Crippen molar-refractivity contribution in [1.82, 2.24) is 4.98 Å². The molecule has 0 spiro atoms. The molecule has 1 unspecified atom stereocenters. The van der Waals surface area contributed by atoms with E-state index in [0.29, 0.717) is 5.56 Å². The number of anilines is 1. The van der Waals surface area contributed by atoms with Gasteiger partial charge >= 0.3 is 10.2 Å². The number of carbonyl (C=O) groups excluding carboxylic acids is 1. The Bertz CT molecular complexity index is 696. The first-order valence-corrected chi connectivity index (χ1v) is 7.45. The molecule has 0 bridgehead atoms. The molecule has 6 nitrogen and oxygen atoms in total. The average Bonchev–Trinajstić information content (AvgIpc) is 2.67. The van der Waals surface area contributed by atoms with Gasteiger partial charge in [0.25, 0.3) is 0 Å². The first-order valence-electron chi connectivity index (χ1n) is 5.90. The molecule has 1 aliphatic heterocycles. The predicted octanol–water partition coefficient (Wildman–Crippen LogP) is 0.914. The number of hydrogen-bond donors (Lipinski definition) is 0. The summed E-state index contributed by atoms with van der Waals surface area (Å²) in [4.78, 5) is 17.2. The number of rotatable bonds is 3. The summed E-state index contributed by atoms with van der Waals surface area (Å²) in [7, 11) is -4.62. The highest BCUT2D eigenvalue weighted by Crippen LogP contribution is 2.28. The number of nitriles is 1. The molecular weight excluding hydrogens is 285 g/mol. The highest BCUT2D eigenvalue weighted by atomic mass is 32.3. The van der Waals surface area contributed by atoms with Crippen LogP contribution in [0.15, 0.2) is 12.3 Å². The zero-order chi connectivity index (χ0) is 14.9. The van der Waals surface area contributed by atoms with Gasteiger partial charge in [0.15, 0.2) is 5.82 Å². The largest absolute Gasteiger partial charge is 0.302 e. The highest BCUT2D eigenvalue weighted by molar-refractivity contribution is 7.86. The van der Waals surface area contributed by atoms with E-state index in [9.17, 15) is 17.1 Å². The van der Waals surface area contributed by atoms with Gasteiger partial charge in [-0.1, -0.05) is 0 Å². The van der Waals surface area contributed by atoms with Gasteiger partial charge < -0.3 is 0 Å². The third-order valence-electron chi connectivity index (χ3n) is 3.15. The van der Waals surface area contributed by atoms with E-state index in [2.05, 4.69) is 4.98 Å². The fourth-order valence-electron chi connectivity index (χ4n) is 2.27. The average molecular weight is 297 g/mol. The van der Waals surface area contributed by atoms with Crippen LogP contribution in [0.5, 0.6) is 0 Å². The Hall–Kier alpha value is -2.01. The number of amides is 1. The lowest BCUT2D eigenvalue weighted by Crippen LogP contribution is -2.27. The van der Waals surface area contributed by atoms with Crippen LogP contribution in [-0.2, 0) is 15.0 Å². The number of pyridine rings is 1. The van der Waals surface area contributed by atoms with Crippen molar-refractivity contribution < 1.29 is 17.1 Å². The zero-order valence-corrected chi connectivity index (χ0v) is 11.5. The van der Waals surface area contributed by atoms with Crippen LogP contribution in [0.1, 0.15) is 17.5 Å². The number of halogens is 1. The third-order valence-corrected chi connectivity index (χ3v) is 4.02. The highest BCUT2D eigenvalue weighted by Gasteiger charge is 2.35. The summed E-state index contributed by atoms with van der Waals surface area (Å²) in [6.07, 6.45) is 1.40. The molecule has 1 aromatic heterocycles. The summed E-state index contributed by atoms with van der Waals surface area (Å²) in [5.74, 6) is -1.46. The van der Waals surface area contributed by atoms with Crippen molar-refractivity contribution >= 4 is 21.9 Å². The SMILES string of the molecule is Cc1ccnc(N2CC(CS(=O)(=O)F)CC2=O)c1C#N. The molecule has 0 aliphatic carbocycles. The molecule has 1 aromatic rings. The third kappa shape index (κ3) is 2.93. The van der Waals surface area contributed by atoms with E-state index in [-0.39, 0.29) is 30.3 Å². The maximum absolute atomic E-state index is 12.7. The van der Waals surface area contributed by atoms with Crippen LogP contribution in [-0.4, -0.2) is 31.6 Å². The first-order chi connectivity index (χ1) is 9.31. The minimum Gasteiger partial charge on any atom is -0.295 e. The van der Waals surface area contributed by atoms with Gasteiger partial charge in [0.05, 0.1) is 11.3 Å². The summed E-state index contributed by atoms with van der Waals surface area (Å²) in [6.45, 7) is 1.76. The molecule has 8 heteroatoms. The summed E-state index contributed by atoms with van der Waals surface area (Å²) in [5, 5.41) is 9.11. The number of aromatic nitrogens is 1. The van der Waals surface area contributed by atoms with E-state index in [1.54, 1.807) is 13.0 Å². The van der Waals surface area contributed by atoms with Gasteiger partial charge in [-0.05, 0) is 18.6 Å². The number of carbonyl (C=O) groups is 1. The van der Waals surface area contributed by atoms with E-state index in [4.69, 9.17) is 5.26 Å².